The van der Waals surface area contributed by atoms with Crippen LogP contribution < -0.4 is 19.7 Å². The summed E-state index contributed by atoms with van der Waals surface area (Å²) in [5.41, 5.74) is 2.81. The maximum absolute atomic E-state index is 12.3. The molecule has 0 aliphatic heterocycles. The van der Waals surface area contributed by atoms with E-state index in [0.29, 0.717) is 19.0 Å². The number of unbranched alkanes of at least 4 members (excludes halogenated alkanes) is 1. The van der Waals surface area contributed by atoms with E-state index in [1.807, 2.05) is 49.4 Å². The van der Waals surface area contributed by atoms with Crippen LogP contribution >= 0.6 is 0 Å². The normalized spacial score (nSPS) is 10.8. The van der Waals surface area contributed by atoms with Crippen LogP contribution in [-0.2, 0) is 4.79 Å². The largest absolute Gasteiger partial charge is 0.490 e. The minimum absolute atomic E-state index is 0.174. The van der Waals surface area contributed by atoms with E-state index < -0.39 is 0 Å². The summed E-state index contributed by atoms with van der Waals surface area (Å²) in [6.45, 7) is 11.5. The third-order valence-electron chi connectivity index (χ3n) is 4.71. The van der Waals surface area contributed by atoms with Crippen LogP contribution in [0.25, 0.3) is 6.08 Å². The Balaban J connectivity index is 2.00. The van der Waals surface area contributed by atoms with Gasteiger partial charge in [-0.25, -0.2) is 0 Å². The molecular formula is C25H34N2O3. The van der Waals surface area contributed by atoms with Crippen molar-refractivity contribution < 1.29 is 14.3 Å². The lowest BCUT2D eigenvalue weighted by Crippen LogP contribution is -2.21. The molecule has 5 nitrogen and oxygen atoms in total. The number of hydrogen-bond donors (Lipinski definition) is 1. The quantitative estimate of drug-likeness (QED) is 0.357. The fraction of sp³-hybridized carbons (Fsp3) is 0.400. The topological polar surface area (TPSA) is 50.8 Å². The molecule has 2 rings (SSSR count). The van der Waals surface area contributed by atoms with Crippen molar-refractivity contribution >= 4 is 23.4 Å². The molecule has 1 amide bonds. The molecule has 0 aliphatic carbocycles. The van der Waals surface area contributed by atoms with Gasteiger partial charge >= 0.3 is 0 Å². The van der Waals surface area contributed by atoms with E-state index in [1.165, 1.54) is 6.08 Å². The second-order valence-electron chi connectivity index (χ2n) is 6.88. The molecule has 0 saturated heterocycles. The zero-order valence-corrected chi connectivity index (χ0v) is 18.6. The van der Waals surface area contributed by atoms with E-state index in [2.05, 4.69) is 31.0 Å². The van der Waals surface area contributed by atoms with Gasteiger partial charge in [0.15, 0.2) is 11.5 Å². The number of carbonyl (C=O) groups is 1. The van der Waals surface area contributed by atoms with Crippen molar-refractivity contribution in [3.63, 3.8) is 0 Å². The van der Waals surface area contributed by atoms with Crippen LogP contribution in [0.15, 0.2) is 48.5 Å². The first-order valence-electron chi connectivity index (χ1n) is 10.8. The van der Waals surface area contributed by atoms with Crippen molar-refractivity contribution in [2.24, 2.45) is 0 Å². The molecule has 2 aromatic rings. The van der Waals surface area contributed by atoms with Gasteiger partial charge < -0.3 is 19.7 Å². The highest BCUT2D eigenvalue weighted by Gasteiger charge is 2.06. The molecule has 0 saturated carbocycles. The van der Waals surface area contributed by atoms with Crippen LogP contribution in [0.3, 0.4) is 0 Å². The molecule has 0 aromatic heterocycles. The van der Waals surface area contributed by atoms with E-state index in [0.717, 1.165) is 48.6 Å². The van der Waals surface area contributed by atoms with E-state index in [9.17, 15) is 4.79 Å². The zero-order chi connectivity index (χ0) is 21.8. The lowest BCUT2D eigenvalue weighted by Gasteiger charge is -2.21. The van der Waals surface area contributed by atoms with E-state index in [-0.39, 0.29) is 5.91 Å². The van der Waals surface area contributed by atoms with E-state index in [1.54, 1.807) is 6.08 Å². The van der Waals surface area contributed by atoms with E-state index >= 15 is 0 Å². The second-order valence-corrected chi connectivity index (χ2v) is 6.88. The molecule has 5 heteroatoms. The number of benzene rings is 2. The molecular weight excluding hydrogens is 376 g/mol. The minimum atomic E-state index is -0.174. The van der Waals surface area contributed by atoms with Crippen LogP contribution in [-0.4, -0.2) is 32.2 Å². The predicted molar refractivity (Wildman–Crippen MR) is 126 cm³/mol. The standard InChI is InChI=1S/C25H34N2O3/c1-5-9-18-30-23-16-10-20(19-24(23)29-8-4)11-17-25(28)26-21-12-14-22(15-13-21)27(6-2)7-3/h10-17,19H,5-9,18H2,1-4H3,(H,26,28)/b17-11+. The molecule has 0 spiro atoms. The fourth-order valence-electron chi connectivity index (χ4n) is 3.04. The van der Waals surface area contributed by atoms with Gasteiger partial charge in [-0.1, -0.05) is 19.4 Å². The Labute approximate surface area is 180 Å². The molecule has 0 atom stereocenters. The zero-order valence-electron chi connectivity index (χ0n) is 18.6. The second kappa shape index (κ2) is 12.6. The summed E-state index contributed by atoms with van der Waals surface area (Å²) in [5.74, 6) is 1.26. The van der Waals surface area contributed by atoms with Gasteiger partial charge in [0.1, 0.15) is 0 Å². The van der Waals surface area contributed by atoms with Crippen molar-refractivity contribution in [2.45, 2.75) is 40.5 Å². The van der Waals surface area contributed by atoms with Crippen LogP contribution in [0.1, 0.15) is 46.1 Å². The highest BCUT2D eigenvalue weighted by atomic mass is 16.5. The summed E-state index contributed by atoms with van der Waals surface area (Å²) in [4.78, 5) is 14.6. The average molecular weight is 411 g/mol. The Kier molecular flexibility index (Phi) is 9.78. The number of nitrogens with one attached hydrogen (secondary N) is 1. The molecule has 0 aliphatic rings. The van der Waals surface area contributed by atoms with Gasteiger partial charge in [0.25, 0.3) is 0 Å². The summed E-state index contributed by atoms with van der Waals surface area (Å²) < 4.78 is 11.5. The number of ether oxygens (including phenoxy) is 2. The predicted octanol–water partition coefficient (Wildman–Crippen LogP) is 5.76. The number of anilines is 2. The molecule has 2 aromatic carbocycles. The van der Waals surface area contributed by atoms with Gasteiger partial charge in [0.05, 0.1) is 13.2 Å². The number of hydrogen-bond acceptors (Lipinski definition) is 4. The van der Waals surface area contributed by atoms with Gasteiger partial charge in [-0.2, -0.15) is 0 Å². The van der Waals surface area contributed by atoms with Crippen LogP contribution in [0.4, 0.5) is 11.4 Å². The van der Waals surface area contributed by atoms with Crippen molar-refractivity contribution in [1.29, 1.82) is 0 Å². The highest BCUT2D eigenvalue weighted by Crippen LogP contribution is 2.29. The molecule has 0 unspecified atom stereocenters. The molecule has 0 bridgehead atoms. The summed E-state index contributed by atoms with van der Waals surface area (Å²) in [6, 6.07) is 13.6. The Morgan fingerprint density at radius 1 is 0.967 bits per heavy atom. The summed E-state index contributed by atoms with van der Waals surface area (Å²) in [7, 11) is 0. The third kappa shape index (κ3) is 7.14. The SMILES string of the molecule is CCCCOc1ccc(/C=C/C(=O)Nc2ccc(N(CC)CC)cc2)cc1OCC. The Morgan fingerprint density at radius 3 is 2.33 bits per heavy atom. The number of carbonyl (C=O) groups excluding carboxylic acids is 1. The Hall–Kier alpha value is -2.95. The van der Waals surface area contributed by atoms with Gasteiger partial charge in [0.2, 0.25) is 5.91 Å². The average Bonchev–Trinajstić information content (AvgIpc) is 2.76. The lowest BCUT2D eigenvalue weighted by molar-refractivity contribution is -0.111. The lowest BCUT2D eigenvalue weighted by atomic mass is 10.2. The maximum atomic E-state index is 12.3. The number of amides is 1. The molecule has 0 radical (unpaired) electrons. The van der Waals surface area contributed by atoms with Crippen LogP contribution in [0, 0.1) is 0 Å². The van der Waals surface area contributed by atoms with Crippen LogP contribution in [0.2, 0.25) is 0 Å². The number of nitrogens with zero attached hydrogens (tertiary/aromatic N) is 1. The molecule has 162 valence electrons. The summed E-state index contributed by atoms with van der Waals surface area (Å²) in [6.07, 6.45) is 5.39. The van der Waals surface area contributed by atoms with Crippen molar-refractivity contribution in [1.82, 2.24) is 0 Å². The Bertz CT molecular complexity index is 812. The third-order valence-corrected chi connectivity index (χ3v) is 4.71. The number of rotatable bonds is 12. The van der Waals surface area contributed by atoms with Gasteiger partial charge in [0, 0.05) is 30.5 Å². The van der Waals surface area contributed by atoms with Gasteiger partial charge in [-0.15, -0.1) is 0 Å². The smallest absolute Gasteiger partial charge is 0.248 e. The molecule has 30 heavy (non-hydrogen) atoms. The van der Waals surface area contributed by atoms with Crippen molar-refractivity contribution in [2.75, 3.05) is 36.5 Å². The van der Waals surface area contributed by atoms with Crippen molar-refractivity contribution in [3.05, 3.63) is 54.1 Å². The first kappa shape index (κ1) is 23.3. The molecule has 1 N–H and O–H groups in total. The summed E-state index contributed by atoms with van der Waals surface area (Å²) in [5, 5.41) is 2.90. The van der Waals surface area contributed by atoms with Gasteiger partial charge in [-0.05, 0) is 75.2 Å². The molecule has 0 fully saturated rings. The van der Waals surface area contributed by atoms with Crippen molar-refractivity contribution in [3.8, 4) is 11.5 Å². The molecule has 0 heterocycles. The van der Waals surface area contributed by atoms with Crippen LogP contribution in [0.5, 0.6) is 11.5 Å². The first-order valence-corrected chi connectivity index (χ1v) is 10.8. The Morgan fingerprint density at radius 2 is 1.70 bits per heavy atom. The fourth-order valence-corrected chi connectivity index (χ4v) is 3.04. The minimum Gasteiger partial charge on any atom is -0.490 e. The van der Waals surface area contributed by atoms with Gasteiger partial charge in [-0.3, -0.25) is 4.79 Å². The monoisotopic (exact) mass is 410 g/mol. The first-order chi connectivity index (χ1) is 14.6. The highest BCUT2D eigenvalue weighted by molar-refractivity contribution is 6.02. The summed E-state index contributed by atoms with van der Waals surface area (Å²) >= 11 is 0. The van der Waals surface area contributed by atoms with E-state index in [4.69, 9.17) is 9.47 Å². The maximum Gasteiger partial charge on any atom is 0.248 e.